The zero-order chi connectivity index (χ0) is 16.2. The Bertz CT molecular complexity index is 625. The van der Waals surface area contributed by atoms with Crippen LogP contribution in [0.5, 0.6) is 0 Å². The molecule has 0 aliphatic carbocycles. The Morgan fingerprint density at radius 3 is 2.55 bits per heavy atom. The maximum atomic E-state index is 12.1. The minimum Gasteiger partial charge on any atom is -0.343 e. The number of hydrogen-bond donors (Lipinski definition) is 1. The van der Waals surface area contributed by atoms with E-state index in [1.54, 1.807) is 36.1 Å². The Morgan fingerprint density at radius 2 is 1.95 bits per heavy atom. The van der Waals surface area contributed by atoms with Gasteiger partial charge in [0.15, 0.2) is 0 Å². The van der Waals surface area contributed by atoms with Crippen molar-refractivity contribution >= 4 is 27.5 Å². The lowest BCUT2D eigenvalue weighted by Crippen LogP contribution is -2.40. The summed E-state index contributed by atoms with van der Waals surface area (Å²) in [6, 6.07) is 6.94. The molecule has 0 atom stereocenters. The summed E-state index contributed by atoms with van der Waals surface area (Å²) in [5.74, 6) is 0.244. The van der Waals surface area contributed by atoms with E-state index in [2.05, 4.69) is 4.72 Å². The van der Waals surface area contributed by atoms with Crippen LogP contribution in [0.1, 0.15) is 25.3 Å². The Labute approximate surface area is 136 Å². The normalized spacial score (nSPS) is 16.7. The van der Waals surface area contributed by atoms with E-state index in [-0.39, 0.29) is 17.6 Å². The average Bonchev–Trinajstić information content (AvgIpc) is 2.48. The molecule has 2 rings (SSSR count). The van der Waals surface area contributed by atoms with Gasteiger partial charge < -0.3 is 4.90 Å². The number of hydrogen-bond acceptors (Lipinski definition) is 3. The maximum absolute atomic E-state index is 12.1. The fourth-order valence-electron chi connectivity index (χ4n) is 2.57. The second-order valence-corrected chi connectivity index (χ2v) is 7.86. The van der Waals surface area contributed by atoms with Gasteiger partial charge in [0.1, 0.15) is 0 Å². The van der Waals surface area contributed by atoms with Gasteiger partial charge in [-0.05, 0) is 30.4 Å². The van der Waals surface area contributed by atoms with Crippen LogP contribution in [0, 0.1) is 5.92 Å². The summed E-state index contributed by atoms with van der Waals surface area (Å²) in [6.07, 6.45) is 1.66. The summed E-state index contributed by atoms with van der Waals surface area (Å²) in [4.78, 5) is 13.1. The molecule has 1 amide bonds. The predicted octanol–water partition coefficient (Wildman–Crippen LogP) is 2.02. The van der Waals surface area contributed by atoms with Gasteiger partial charge in [-0.15, -0.1) is 0 Å². The molecule has 0 saturated carbocycles. The van der Waals surface area contributed by atoms with Gasteiger partial charge in [0, 0.05) is 31.6 Å². The third-order valence-electron chi connectivity index (χ3n) is 3.96. The molecule has 0 radical (unpaired) electrons. The third-order valence-corrected chi connectivity index (χ3v) is 5.62. The Kier molecular flexibility index (Phi) is 5.83. The SMILES string of the molecule is CC(=O)N1CCC(CNS(=O)(=O)Cc2ccccc2Cl)CC1. The monoisotopic (exact) mass is 344 g/mol. The van der Waals surface area contributed by atoms with E-state index >= 15 is 0 Å². The molecule has 7 heteroatoms. The predicted molar refractivity (Wildman–Crippen MR) is 87.1 cm³/mol. The molecule has 22 heavy (non-hydrogen) atoms. The molecule has 1 N–H and O–H groups in total. The van der Waals surface area contributed by atoms with Crippen LogP contribution in [0.25, 0.3) is 0 Å². The summed E-state index contributed by atoms with van der Waals surface area (Å²) < 4.78 is 26.9. The molecule has 5 nitrogen and oxygen atoms in total. The minimum absolute atomic E-state index is 0.0813. The number of nitrogens with one attached hydrogen (secondary N) is 1. The number of amides is 1. The van der Waals surface area contributed by atoms with E-state index < -0.39 is 10.0 Å². The maximum Gasteiger partial charge on any atom is 0.219 e. The Morgan fingerprint density at radius 1 is 1.32 bits per heavy atom. The molecular formula is C15H21ClN2O3S. The van der Waals surface area contributed by atoms with E-state index in [0.29, 0.717) is 30.2 Å². The fourth-order valence-corrected chi connectivity index (χ4v) is 4.10. The zero-order valence-electron chi connectivity index (χ0n) is 12.6. The van der Waals surface area contributed by atoms with E-state index in [0.717, 1.165) is 12.8 Å². The molecule has 1 fully saturated rings. The molecule has 0 spiro atoms. The Balaban J connectivity index is 1.84. The van der Waals surface area contributed by atoms with Crippen LogP contribution in [0.4, 0.5) is 0 Å². The van der Waals surface area contributed by atoms with Gasteiger partial charge in [-0.1, -0.05) is 29.8 Å². The summed E-state index contributed by atoms with van der Waals surface area (Å²) in [7, 11) is -3.40. The average molecular weight is 345 g/mol. The van der Waals surface area contributed by atoms with Crippen molar-refractivity contribution in [1.29, 1.82) is 0 Å². The number of halogens is 1. The molecule has 1 heterocycles. The number of benzene rings is 1. The van der Waals surface area contributed by atoms with Crippen molar-refractivity contribution in [2.75, 3.05) is 19.6 Å². The highest BCUT2D eigenvalue weighted by Gasteiger charge is 2.22. The first kappa shape index (κ1) is 17.2. The topological polar surface area (TPSA) is 66.5 Å². The molecule has 122 valence electrons. The lowest BCUT2D eigenvalue weighted by atomic mass is 9.97. The van der Waals surface area contributed by atoms with Gasteiger partial charge in [-0.25, -0.2) is 13.1 Å². The van der Waals surface area contributed by atoms with Crippen LogP contribution >= 0.6 is 11.6 Å². The molecule has 1 saturated heterocycles. The Hall–Kier alpha value is -1.11. The number of rotatable bonds is 5. The van der Waals surface area contributed by atoms with Gasteiger partial charge >= 0.3 is 0 Å². The largest absolute Gasteiger partial charge is 0.343 e. The van der Waals surface area contributed by atoms with Crippen molar-refractivity contribution < 1.29 is 13.2 Å². The quantitative estimate of drug-likeness (QED) is 0.888. The molecule has 1 aliphatic heterocycles. The van der Waals surface area contributed by atoms with Gasteiger partial charge in [-0.3, -0.25) is 4.79 Å². The number of carbonyl (C=O) groups excluding carboxylic acids is 1. The highest BCUT2D eigenvalue weighted by molar-refractivity contribution is 7.88. The molecule has 0 bridgehead atoms. The van der Waals surface area contributed by atoms with E-state index in [1.807, 2.05) is 0 Å². The zero-order valence-corrected chi connectivity index (χ0v) is 14.2. The number of likely N-dealkylation sites (tertiary alicyclic amines) is 1. The van der Waals surface area contributed by atoms with Crippen LogP contribution in [-0.2, 0) is 20.6 Å². The van der Waals surface area contributed by atoms with Crippen molar-refractivity contribution in [3.63, 3.8) is 0 Å². The minimum atomic E-state index is -3.40. The third kappa shape index (κ3) is 4.97. The summed E-state index contributed by atoms with van der Waals surface area (Å²) in [6.45, 7) is 3.38. The lowest BCUT2D eigenvalue weighted by molar-refractivity contribution is -0.130. The summed E-state index contributed by atoms with van der Waals surface area (Å²) in [5, 5.41) is 0.461. The number of piperidine rings is 1. The number of sulfonamides is 1. The van der Waals surface area contributed by atoms with E-state index in [4.69, 9.17) is 11.6 Å². The van der Waals surface area contributed by atoms with Crippen molar-refractivity contribution in [3.05, 3.63) is 34.9 Å². The van der Waals surface area contributed by atoms with Gasteiger partial charge in [-0.2, -0.15) is 0 Å². The molecule has 0 unspecified atom stereocenters. The van der Waals surface area contributed by atoms with Crippen LogP contribution in [0.2, 0.25) is 5.02 Å². The van der Waals surface area contributed by atoms with Crippen LogP contribution in [-0.4, -0.2) is 38.9 Å². The number of nitrogens with zero attached hydrogens (tertiary/aromatic N) is 1. The van der Waals surface area contributed by atoms with Crippen molar-refractivity contribution in [2.24, 2.45) is 5.92 Å². The smallest absolute Gasteiger partial charge is 0.219 e. The van der Waals surface area contributed by atoms with Gasteiger partial charge in [0.25, 0.3) is 0 Å². The second-order valence-electron chi connectivity index (χ2n) is 5.65. The highest BCUT2D eigenvalue weighted by Crippen LogP contribution is 2.19. The first-order valence-corrected chi connectivity index (χ1v) is 9.36. The molecule has 1 aromatic carbocycles. The summed E-state index contributed by atoms with van der Waals surface area (Å²) >= 11 is 6.00. The number of carbonyl (C=O) groups is 1. The standard InChI is InChI=1S/C15H21ClN2O3S/c1-12(19)18-8-6-13(7-9-18)10-17-22(20,21)11-14-4-2-3-5-15(14)16/h2-5,13,17H,6-11H2,1H3. The van der Waals surface area contributed by atoms with Crippen LogP contribution in [0.15, 0.2) is 24.3 Å². The van der Waals surface area contributed by atoms with Crippen molar-refractivity contribution in [3.8, 4) is 0 Å². The van der Waals surface area contributed by atoms with E-state index in [1.165, 1.54) is 0 Å². The van der Waals surface area contributed by atoms with Crippen molar-refractivity contribution in [1.82, 2.24) is 9.62 Å². The first-order chi connectivity index (χ1) is 10.4. The molecule has 1 aliphatic rings. The van der Waals surface area contributed by atoms with Gasteiger partial charge in [0.05, 0.1) is 5.75 Å². The fraction of sp³-hybridized carbons (Fsp3) is 0.533. The molecule has 0 aromatic heterocycles. The van der Waals surface area contributed by atoms with Crippen molar-refractivity contribution in [2.45, 2.75) is 25.5 Å². The second kappa shape index (κ2) is 7.44. The molecule has 1 aromatic rings. The van der Waals surface area contributed by atoms with Crippen LogP contribution < -0.4 is 4.72 Å². The van der Waals surface area contributed by atoms with Gasteiger partial charge in [0.2, 0.25) is 15.9 Å². The van der Waals surface area contributed by atoms with E-state index in [9.17, 15) is 13.2 Å². The van der Waals surface area contributed by atoms with Crippen LogP contribution in [0.3, 0.4) is 0 Å². The summed E-state index contributed by atoms with van der Waals surface area (Å²) in [5.41, 5.74) is 0.600. The lowest BCUT2D eigenvalue weighted by Gasteiger charge is -2.31. The molecular weight excluding hydrogens is 324 g/mol. The highest BCUT2D eigenvalue weighted by atomic mass is 35.5. The first-order valence-electron chi connectivity index (χ1n) is 7.33.